The van der Waals surface area contributed by atoms with E-state index in [1.807, 2.05) is 24.3 Å². The van der Waals surface area contributed by atoms with Gasteiger partial charge in [0.15, 0.2) is 0 Å². The Balaban J connectivity index is 2.54. The molecule has 0 unspecified atom stereocenters. The SMILES string of the molecule is COc1cccc(-c2cc(C(=O)O)ccc2Cl)c1. The second-order valence-corrected chi connectivity index (χ2v) is 4.14. The normalized spacial score (nSPS) is 10.1. The van der Waals surface area contributed by atoms with E-state index in [1.165, 1.54) is 6.07 Å². The van der Waals surface area contributed by atoms with E-state index in [1.54, 1.807) is 19.2 Å². The number of methoxy groups -OCH3 is 1. The monoisotopic (exact) mass is 262 g/mol. The Morgan fingerprint density at radius 3 is 2.67 bits per heavy atom. The van der Waals surface area contributed by atoms with Gasteiger partial charge in [0.05, 0.1) is 12.7 Å². The summed E-state index contributed by atoms with van der Waals surface area (Å²) in [4.78, 5) is 11.0. The molecule has 0 radical (unpaired) electrons. The molecule has 4 heteroatoms. The van der Waals surface area contributed by atoms with Gasteiger partial charge in [0.25, 0.3) is 0 Å². The molecular weight excluding hydrogens is 252 g/mol. The third kappa shape index (κ3) is 2.46. The van der Waals surface area contributed by atoms with Crippen molar-refractivity contribution in [3.05, 3.63) is 53.1 Å². The zero-order chi connectivity index (χ0) is 13.1. The van der Waals surface area contributed by atoms with E-state index in [0.717, 1.165) is 5.56 Å². The molecule has 0 heterocycles. The molecule has 0 aromatic heterocycles. The van der Waals surface area contributed by atoms with Gasteiger partial charge in [-0.2, -0.15) is 0 Å². The highest BCUT2D eigenvalue weighted by Gasteiger charge is 2.09. The standard InChI is InChI=1S/C14H11ClO3/c1-18-11-4-2-3-9(7-11)12-8-10(14(16)17)5-6-13(12)15/h2-8H,1H3,(H,16,17). The predicted octanol–water partition coefficient (Wildman–Crippen LogP) is 3.71. The van der Waals surface area contributed by atoms with Crippen LogP contribution >= 0.6 is 11.6 Å². The van der Waals surface area contributed by atoms with E-state index in [-0.39, 0.29) is 5.56 Å². The average molecular weight is 263 g/mol. The summed E-state index contributed by atoms with van der Waals surface area (Å²) in [5, 5.41) is 9.49. The van der Waals surface area contributed by atoms with Gasteiger partial charge >= 0.3 is 5.97 Å². The first-order valence-electron chi connectivity index (χ1n) is 5.29. The van der Waals surface area contributed by atoms with Crippen molar-refractivity contribution in [3.63, 3.8) is 0 Å². The summed E-state index contributed by atoms with van der Waals surface area (Å²) in [7, 11) is 1.58. The zero-order valence-corrected chi connectivity index (χ0v) is 10.4. The van der Waals surface area contributed by atoms with Gasteiger partial charge < -0.3 is 9.84 Å². The Morgan fingerprint density at radius 1 is 1.22 bits per heavy atom. The third-order valence-electron chi connectivity index (χ3n) is 2.59. The van der Waals surface area contributed by atoms with Crippen LogP contribution in [0.1, 0.15) is 10.4 Å². The van der Waals surface area contributed by atoms with Crippen molar-refractivity contribution >= 4 is 17.6 Å². The number of benzene rings is 2. The molecule has 92 valence electrons. The lowest BCUT2D eigenvalue weighted by Gasteiger charge is -2.07. The molecule has 0 saturated heterocycles. The number of carboxylic acids is 1. The van der Waals surface area contributed by atoms with E-state index < -0.39 is 5.97 Å². The highest BCUT2D eigenvalue weighted by atomic mass is 35.5. The largest absolute Gasteiger partial charge is 0.497 e. The van der Waals surface area contributed by atoms with E-state index >= 15 is 0 Å². The summed E-state index contributed by atoms with van der Waals surface area (Å²) in [6, 6.07) is 11.9. The first-order valence-corrected chi connectivity index (χ1v) is 5.67. The van der Waals surface area contributed by atoms with Gasteiger partial charge in [-0.3, -0.25) is 0 Å². The predicted molar refractivity (Wildman–Crippen MR) is 70.4 cm³/mol. The second-order valence-electron chi connectivity index (χ2n) is 3.73. The number of rotatable bonds is 3. The summed E-state index contributed by atoms with van der Waals surface area (Å²) < 4.78 is 5.13. The van der Waals surface area contributed by atoms with Crippen LogP contribution in [0.4, 0.5) is 0 Å². The van der Waals surface area contributed by atoms with Gasteiger partial charge in [0.1, 0.15) is 5.75 Å². The summed E-state index contributed by atoms with van der Waals surface area (Å²) >= 11 is 6.10. The molecule has 0 fully saturated rings. The maximum atomic E-state index is 11.0. The van der Waals surface area contributed by atoms with E-state index in [0.29, 0.717) is 16.3 Å². The van der Waals surface area contributed by atoms with E-state index in [2.05, 4.69) is 0 Å². The molecule has 1 N–H and O–H groups in total. The van der Waals surface area contributed by atoms with Crippen LogP contribution in [0.15, 0.2) is 42.5 Å². The van der Waals surface area contributed by atoms with Crippen molar-refractivity contribution in [2.24, 2.45) is 0 Å². The van der Waals surface area contributed by atoms with Gasteiger partial charge in [-0.05, 0) is 35.9 Å². The Kier molecular flexibility index (Phi) is 3.53. The molecule has 18 heavy (non-hydrogen) atoms. The fourth-order valence-corrected chi connectivity index (χ4v) is 1.90. The Labute approximate surface area is 110 Å². The molecule has 0 aliphatic carbocycles. The van der Waals surface area contributed by atoms with Crippen LogP contribution in [0.3, 0.4) is 0 Å². The molecule has 0 aliphatic heterocycles. The van der Waals surface area contributed by atoms with Gasteiger partial charge in [-0.1, -0.05) is 23.7 Å². The fraction of sp³-hybridized carbons (Fsp3) is 0.0714. The van der Waals surface area contributed by atoms with Gasteiger partial charge in [-0.15, -0.1) is 0 Å². The first-order chi connectivity index (χ1) is 8.61. The summed E-state index contributed by atoms with van der Waals surface area (Å²) in [5.74, 6) is -0.278. The van der Waals surface area contributed by atoms with Crippen LogP contribution in [-0.2, 0) is 0 Å². The maximum Gasteiger partial charge on any atom is 0.335 e. The number of carbonyl (C=O) groups is 1. The zero-order valence-electron chi connectivity index (χ0n) is 9.68. The van der Waals surface area contributed by atoms with Crippen LogP contribution in [0.5, 0.6) is 5.75 Å². The molecule has 0 spiro atoms. The third-order valence-corrected chi connectivity index (χ3v) is 2.92. The highest BCUT2D eigenvalue weighted by molar-refractivity contribution is 6.33. The number of hydrogen-bond donors (Lipinski definition) is 1. The number of hydrogen-bond acceptors (Lipinski definition) is 2. The molecule has 2 aromatic carbocycles. The minimum Gasteiger partial charge on any atom is -0.497 e. The molecule has 0 atom stereocenters. The number of halogens is 1. The van der Waals surface area contributed by atoms with E-state index in [9.17, 15) is 4.79 Å². The second kappa shape index (κ2) is 5.10. The van der Waals surface area contributed by atoms with Gasteiger partial charge in [0, 0.05) is 10.6 Å². The van der Waals surface area contributed by atoms with Crippen molar-refractivity contribution in [2.45, 2.75) is 0 Å². The lowest BCUT2D eigenvalue weighted by atomic mass is 10.0. The maximum absolute atomic E-state index is 11.0. The molecular formula is C14H11ClO3. The van der Waals surface area contributed by atoms with Crippen molar-refractivity contribution in [1.82, 2.24) is 0 Å². The van der Waals surface area contributed by atoms with Crippen molar-refractivity contribution in [2.75, 3.05) is 7.11 Å². The highest BCUT2D eigenvalue weighted by Crippen LogP contribution is 2.31. The average Bonchev–Trinajstić information content (AvgIpc) is 2.39. The summed E-state index contributed by atoms with van der Waals surface area (Å²) in [6.07, 6.45) is 0. The lowest BCUT2D eigenvalue weighted by molar-refractivity contribution is 0.0697. The molecule has 0 bridgehead atoms. The Bertz CT molecular complexity index is 593. The Morgan fingerprint density at radius 2 is 2.00 bits per heavy atom. The smallest absolute Gasteiger partial charge is 0.335 e. The molecule has 2 rings (SSSR count). The molecule has 0 saturated carbocycles. The van der Waals surface area contributed by atoms with Crippen LogP contribution in [0.2, 0.25) is 5.02 Å². The number of carboxylic acid groups (broad SMARTS) is 1. The van der Waals surface area contributed by atoms with Crippen LogP contribution in [-0.4, -0.2) is 18.2 Å². The minimum atomic E-state index is -0.976. The summed E-state index contributed by atoms with van der Waals surface area (Å²) in [5.41, 5.74) is 1.70. The molecule has 3 nitrogen and oxygen atoms in total. The lowest BCUT2D eigenvalue weighted by Crippen LogP contribution is -1.96. The van der Waals surface area contributed by atoms with Crippen molar-refractivity contribution in [3.8, 4) is 16.9 Å². The minimum absolute atomic E-state index is 0.206. The summed E-state index contributed by atoms with van der Waals surface area (Å²) in [6.45, 7) is 0. The van der Waals surface area contributed by atoms with Gasteiger partial charge in [-0.25, -0.2) is 4.79 Å². The first kappa shape index (κ1) is 12.5. The number of ether oxygens (including phenoxy) is 1. The Hall–Kier alpha value is -2.00. The quantitative estimate of drug-likeness (QED) is 0.917. The van der Waals surface area contributed by atoms with Crippen molar-refractivity contribution < 1.29 is 14.6 Å². The molecule has 0 aliphatic rings. The van der Waals surface area contributed by atoms with Crippen LogP contribution in [0.25, 0.3) is 11.1 Å². The van der Waals surface area contributed by atoms with Gasteiger partial charge in [0.2, 0.25) is 0 Å². The number of aromatic carboxylic acids is 1. The van der Waals surface area contributed by atoms with E-state index in [4.69, 9.17) is 21.4 Å². The van der Waals surface area contributed by atoms with Crippen LogP contribution in [0, 0.1) is 0 Å². The van der Waals surface area contributed by atoms with Crippen molar-refractivity contribution in [1.29, 1.82) is 0 Å². The molecule has 0 amide bonds. The molecule has 2 aromatic rings. The topological polar surface area (TPSA) is 46.5 Å². The fourth-order valence-electron chi connectivity index (χ4n) is 1.67. The van der Waals surface area contributed by atoms with Crippen LogP contribution < -0.4 is 4.74 Å².